The summed E-state index contributed by atoms with van der Waals surface area (Å²) in [4.78, 5) is 17.8. The van der Waals surface area contributed by atoms with E-state index in [-0.39, 0.29) is 11.9 Å². The topological polar surface area (TPSA) is 44.8 Å². The van der Waals surface area contributed by atoms with Gasteiger partial charge in [0, 0.05) is 31.9 Å². The molecule has 0 aromatic heterocycles. The van der Waals surface area contributed by atoms with E-state index in [1.807, 2.05) is 12.1 Å². The number of likely N-dealkylation sites (tertiary alicyclic amines) is 1. The van der Waals surface area contributed by atoms with E-state index in [0.717, 1.165) is 64.5 Å². The fraction of sp³-hybridized carbons (Fsp3) is 0.650. The van der Waals surface area contributed by atoms with Crippen molar-refractivity contribution in [2.45, 2.75) is 31.7 Å². The Kier molecular flexibility index (Phi) is 5.34. The van der Waals surface area contributed by atoms with Gasteiger partial charge in [-0.25, -0.2) is 0 Å². The molecule has 136 valence electrons. The molecule has 2 fully saturated rings. The van der Waals surface area contributed by atoms with Gasteiger partial charge in [0.05, 0.1) is 19.3 Å². The Morgan fingerprint density at radius 2 is 1.96 bits per heavy atom. The van der Waals surface area contributed by atoms with Crippen molar-refractivity contribution in [1.29, 1.82) is 0 Å². The van der Waals surface area contributed by atoms with Gasteiger partial charge < -0.3 is 10.1 Å². The van der Waals surface area contributed by atoms with Crippen LogP contribution in [0.1, 0.15) is 24.8 Å². The van der Waals surface area contributed by atoms with Crippen molar-refractivity contribution in [3.63, 3.8) is 0 Å². The number of anilines is 1. The van der Waals surface area contributed by atoms with Crippen molar-refractivity contribution >= 4 is 11.6 Å². The number of ether oxygens (including phenoxy) is 1. The van der Waals surface area contributed by atoms with Crippen molar-refractivity contribution < 1.29 is 9.53 Å². The summed E-state index contributed by atoms with van der Waals surface area (Å²) in [6.07, 6.45) is 4.38. The first-order valence-electron chi connectivity index (χ1n) is 9.72. The van der Waals surface area contributed by atoms with E-state index in [1.54, 1.807) is 0 Å². The van der Waals surface area contributed by atoms with Crippen molar-refractivity contribution in [3.05, 3.63) is 29.8 Å². The number of piperidine rings is 1. The summed E-state index contributed by atoms with van der Waals surface area (Å²) in [6, 6.07) is 8.23. The summed E-state index contributed by atoms with van der Waals surface area (Å²) in [5.41, 5.74) is 2.26. The number of morpholine rings is 1. The number of aryl methyl sites for hydroxylation is 1. The molecule has 0 saturated carbocycles. The molecule has 5 heteroatoms. The predicted molar refractivity (Wildman–Crippen MR) is 98.7 cm³/mol. The molecule has 0 aliphatic carbocycles. The zero-order valence-electron chi connectivity index (χ0n) is 15.0. The lowest BCUT2D eigenvalue weighted by molar-refractivity contribution is -0.122. The second kappa shape index (κ2) is 7.85. The quantitative estimate of drug-likeness (QED) is 0.912. The van der Waals surface area contributed by atoms with Crippen molar-refractivity contribution in [2.24, 2.45) is 5.92 Å². The van der Waals surface area contributed by atoms with Gasteiger partial charge >= 0.3 is 0 Å². The highest BCUT2D eigenvalue weighted by Gasteiger charge is 2.32. The summed E-state index contributed by atoms with van der Waals surface area (Å²) in [5, 5.41) is 3.16. The number of rotatable bonds is 3. The van der Waals surface area contributed by atoms with Gasteiger partial charge in [0.15, 0.2) is 0 Å². The smallest absolute Gasteiger partial charge is 0.241 e. The molecule has 1 amide bonds. The number of carbonyl (C=O) groups excluding carboxylic acids is 1. The van der Waals surface area contributed by atoms with Crippen LogP contribution in [0.2, 0.25) is 0 Å². The molecule has 3 aliphatic rings. The molecule has 3 heterocycles. The highest BCUT2D eigenvalue weighted by atomic mass is 16.5. The largest absolute Gasteiger partial charge is 0.379 e. The normalized spacial score (nSPS) is 28.9. The van der Waals surface area contributed by atoms with E-state index >= 15 is 0 Å². The first-order valence-corrected chi connectivity index (χ1v) is 9.72. The van der Waals surface area contributed by atoms with Crippen LogP contribution in [0.5, 0.6) is 0 Å². The third kappa shape index (κ3) is 4.05. The standard InChI is InChI=1S/C20H29N3O2/c24-20-19(8-7-17-5-1-2-6-18(17)21-20)23-9-3-4-16(15-23)14-22-10-12-25-13-11-22/h1-2,5-6,16,19H,3-4,7-15H2,(H,21,24). The van der Waals surface area contributed by atoms with Crippen LogP contribution in [0.4, 0.5) is 5.69 Å². The number of fused-ring (bicyclic) bond motifs is 1. The molecule has 25 heavy (non-hydrogen) atoms. The Morgan fingerprint density at radius 1 is 1.12 bits per heavy atom. The van der Waals surface area contributed by atoms with Gasteiger partial charge in [-0.3, -0.25) is 14.6 Å². The zero-order chi connectivity index (χ0) is 17.1. The fourth-order valence-corrected chi connectivity index (χ4v) is 4.53. The molecule has 0 radical (unpaired) electrons. The number of hydrogen-bond donors (Lipinski definition) is 1. The molecular weight excluding hydrogens is 314 g/mol. The Bertz CT molecular complexity index is 600. The summed E-state index contributed by atoms with van der Waals surface area (Å²) in [7, 11) is 0. The SMILES string of the molecule is O=C1Nc2ccccc2CCC1N1CCCC(CN2CCOCC2)C1. The van der Waals surface area contributed by atoms with Crippen LogP contribution >= 0.6 is 0 Å². The Labute approximate surface area is 150 Å². The summed E-state index contributed by atoms with van der Waals surface area (Å²) in [5.74, 6) is 0.849. The summed E-state index contributed by atoms with van der Waals surface area (Å²) < 4.78 is 5.46. The predicted octanol–water partition coefficient (Wildman–Crippen LogP) is 1.98. The molecular formula is C20H29N3O2. The van der Waals surface area contributed by atoms with Crippen LogP contribution in [0.25, 0.3) is 0 Å². The molecule has 5 nitrogen and oxygen atoms in total. The summed E-state index contributed by atoms with van der Waals surface area (Å²) in [6.45, 7) is 7.07. The number of hydrogen-bond acceptors (Lipinski definition) is 4. The number of nitrogens with one attached hydrogen (secondary N) is 1. The number of nitrogens with zero attached hydrogens (tertiary/aromatic N) is 2. The van der Waals surface area contributed by atoms with E-state index in [9.17, 15) is 4.79 Å². The third-order valence-electron chi connectivity index (χ3n) is 5.88. The maximum atomic E-state index is 12.8. The molecule has 4 rings (SSSR count). The lowest BCUT2D eigenvalue weighted by Crippen LogP contribution is -2.50. The van der Waals surface area contributed by atoms with Crippen molar-refractivity contribution in [1.82, 2.24) is 9.80 Å². The van der Waals surface area contributed by atoms with Crippen molar-refractivity contribution in [2.75, 3.05) is 51.3 Å². The van der Waals surface area contributed by atoms with Gasteiger partial charge in [-0.05, 0) is 49.8 Å². The molecule has 3 aliphatic heterocycles. The first kappa shape index (κ1) is 17.0. The average Bonchev–Trinajstić information content (AvgIpc) is 2.81. The lowest BCUT2D eigenvalue weighted by atomic mass is 9.94. The van der Waals surface area contributed by atoms with Gasteiger partial charge in [-0.15, -0.1) is 0 Å². The van der Waals surface area contributed by atoms with E-state index < -0.39 is 0 Å². The van der Waals surface area contributed by atoms with Crippen LogP contribution in [0.3, 0.4) is 0 Å². The Morgan fingerprint density at radius 3 is 2.84 bits per heavy atom. The Balaban J connectivity index is 1.38. The van der Waals surface area contributed by atoms with Gasteiger partial charge in [0.2, 0.25) is 5.91 Å². The number of amides is 1. The fourth-order valence-electron chi connectivity index (χ4n) is 4.53. The van der Waals surface area contributed by atoms with E-state index in [0.29, 0.717) is 5.92 Å². The van der Waals surface area contributed by atoms with E-state index in [4.69, 9.17) is 4.74 Å². The first-order chi connectivity index (χ1) is 12.3. The minimum atomic E-state index is 0.0138. The van der Waals surface area contributed by atoms with Crippen LogP contribution in [-0.4, -0.2) is 67.7 Å². The molecule has 2 unspecified atom stereocenters. The Hall–Kier alpha value is -1.43. The van der Waals surface area contributed by atoms with Gasteiger partial charge in [-0.2, -0.15) is 0 Å². The maximum absolute atomic E-state index is 12.8. The molecule has 1 N–H and O–H groups in total. The molecule has 1 aromatic carbocycles. The second-order valence-electron chi connectivity index (χ2n) is 7.62. The number of benzene rings is 1. The lowest BCUT2D eigenvalue weighted by Gasteiger charge is -2.39. The highest BCUT2D eigenvalue weighted by molar-refractivity contribution is 5.96. The molecule has 0 bridgehead atoms. The minimum absolute atomic E-state index is 0.0138. The second-order valence-corrected chi connectivity index (χ2v) is 7.62. The minimum Gasteiger partial charge on any atom is -0.379 e. The number of para-hydroxylation sites is 1. The van der Waals surface area contributed by atoms with Crippen LogP contribution < -0.4 is 5.32 Å². The number of carbonyl (C=O) groups is 1. The van der Waals surface area contributed by atoms with Crippen LogP contribution in [-0.2, 0) is 16.0 Å². The maximum Gasteiger partial charge on any atom is 0.241 e. The van der Waals surface area contributed by atoms with Gasteiger partial charge in [0.25, 0.3) is 0 Å². The molecule has 0 spiro atoms. The highest BCUT2D eigenvalue weighted by Crippen LogP contribution is 2.27. The zero-order valence-corrected chi connectivity index (χ0v) is 15.0. The van der Waals surface area contributed by atoms with Crippen LogP contribution in [0, 0.1) is 5.92 Å². The monoisotopic (exact) mass is 343 g/mol. The van der Waals surface area contributed by atoms with Gasteiger partial charge in [-0.1, -0.05) is 18.2 Å². The third-order valence-corrected chi connectivity index (χ3v) is 5.88. The van der Waals surface area contributed by atoms with Crippen LogP contribution in [0.15, 0.2) is 24.3 Å². The van der Waals surface area contributed by atoms with E-state index in [1.165, 1.54) is 18.4 Å². The molecule has 2 atom stereocenters. The summed E-state index contributed by atoms with van der Waals surface area (Å²) >= 11 is 0. The van der Waals surface area contributed by atoms with Crippen molar-refractivity contribution in [3.8, 4) is 0 Å². The molecule has 1 aromatic rings. The average molecular weight is 343 g/mol. The molecule has 2 saturated heterocycles. The van der Waals surface area contributed by atoms with Gasteiger partial charge in [0.1, 0.15) is 0 Å². The van der Waals surface area contributed by atoms with E-state index in [2.05, 4.69) is 27.2 Å².